The van der Waals surface area contributed by atoms with Gasteiger partial charge in [0.05, 0.1) is 25.9 Å². The van der Waals surface area contributed by atoms with E-state index in [9.17, 15) is 14.4 Å². The van der Waals surface area contributed by atoms with Crippen molar-refractivity contribution in [3.8, 4) is 11.5 Å². The van der Waals surface area contributed by atoms with Crippen LogP contribution in [0.4, 0.5) is 11.4 Å². The maximum Gasteiger partial charge on any atom is 0.251 e. The highest BCUT2D eigenvalue weighted by Crippen LogP contribution is 2.27. The molecule has 0 saturated heterocycles. The normalized spacial score (nSPS) is 10.1. The van der Waals surface area contributed by atoms with Gasteiger partial charge >= 0.3 is 0 Å². The number of anilines is 2. The summed E-state index contributed by atoms with van der Waals surface area (Å²) in [6, 6.07) is 11.6. The van der Waals surface area contributed by atoms with Crippen molar-refractivity contribution < 1.29 is 23.9 Å². The van der Waals surface area contributed by atoms with Crippen LogP contribution in [0.5, 0.6) is 11.5 Å². The van der Waals surface area contributed by atoms with E-state index in [-0.39, 0.29) is 18.4 Å². The van der Waals surface area contributed by atoms with Gasteiger partial charge in [0.15, 0.2) is 0 Å². The Kier molecular flexibility index (Phi) is 8.68. The minimum Gasteiger partial charge on any atom is -0.495 e. The first-order valence-corrected chi connectivity index (χ1v) is 9.69. The Morgan fingerprint density at radius 3 is 2.37 bits per heavy atom. The summed E-state index contributed by atoms with van der Waals surface area (Å²) < 4.78 is 10.7. The van der Waals surface area contributed by atoms with E-state index in [0.717, 1.165) is 12.8 Å². The first-order valence-electron chi connectivity index (χ1n) is 9.69. The number of carbonyl (C=O) groups excluding carboxylic acids is 3. The van der Waals surface area contributed by atoms with Crippen molar-refractivity contribution >= 4 is 29.1 Å². The van der Waals surface area contributed by atoms with E-state index in [2.05, 4.69) is 22.9 Å². The molecule has 8 nitrogen and oxygen atoms in total. The molecule has 0 aliphatic rings. The van der Waals surface area contributed by atoms with Gasteiger partial charge in [-0.3, -0.25) is 14.4 Å². The Morgan fingerprint density at radius 2 is 1.73 bits per heavy atom. The lowest BCUT2D eigenvalue weighted by Gasteiger charge is -2.12. The molecule has 3 amide bonds. The fourth-order valence-electron chi connectivity index (χ4n) is 2.58. The Labute approximate surface area is 175 Å². The largest absolute Gasteiger partial charge is 0.495 e. The molecule has 8 heteroatoms. The van der Waals surface area contributed by atoms with Crippen LogP contribution in [-0.2, 0) is 9.59 Å². The third-order valence-corrected chi connectivity index (χ3v) is 4.09. The highest BCUT2D eigenvalue weighted by atomic mass is 16.5. The summed E-state index contributed by atoms with van der Waals surface area (Å²) in [5, 5.41) is 7.88. The van der Waals surface area contributed by atoms with Gasteiger partial charge in [-0.1, -0.05) is 13.3 Å². The van der Waals surface area contributed by atoms with Gasteiger partial charge in [-0.25, -0.2) is 0 Å². The number of methoxy groups -OCH3 is 1. The number of unbranched alkanes of at least 4 members (excludes halogenated alkanes) is 1. The molecule has 3 N–H and O–H groups in total. The lowest BCUT2D eigenvalue weighted by Crippen LogP contribution is -2.32. The smallest absolute Gasteiger partial charge is 0.251 e. The Hall–Kier alpha value is -3.55. The molecule has 160 valence electrons. The average molecular weight is 413 g/mol. The molecule has 2 aromatic carbocycles. The number of benzene rings is 2. The second-order valence-corrected chi connectivity index (χ2v) is 6.55. The molecule has 0 aliphatic carbocycles. The summed E-state index contributed by atoms with van der Waals surface area (Å²) in [5.41, 5.74) is 1.34. The van der Waals surface area contributed by atoms with E-state index in [1.54, 1.807) is 42.5 Å². The summed E-state index contributed by atoms with van der Waals surface area (Å²) in [7, 11) is 1.48. The predicted octanol–water partition coefficient (Wildman–Crippen LogP) is 3.20. The Balaban J connectivity index is 1.88. The summed E-state index contributed by atoms with van der Waals surface area (Å²) in [4.78, 5) is 35.7. The van der Waals surface area contributed by atoms with Gasteiger partial charge in [0.2, 0.25) is 11.8 Å². The van der Waals surface area contributed by atoms with Gasteiger partial charge < -0.3 is 25.4 Å². The Bertz CT molecular complexity index is 881. The summed E-state index contributed by atoms with van der Waals surface area (Å²) in [6.45, 7) is 3.90. The minimum atomic E-state index is -0.401. The number of hydrogen-bond acceptors (Lipinski definition) is 5. The molecular weight excluding hydrogens is 386 g/mol. The van der Waals surface area contributed by atoms with Crippen molar-refractivity contribution in [3.05, 3.63) is 48.0 Å². The van der Waals surface area contributed by atoms with Crippen molar-refractivity contribution in [2.24, 2.45) is 0 Å². The maximum atomic E-state index is 12.2. The molecule has 0 radical (unpaired) electrons. The fourth-order valence-corrected chi connectivity index (χ4v) is 2.58. The van der Waals surface area contributed by atoms with Crippen LogP contribution in [0, 0.1) is 0 Å². The van der Waals surface area contributed by atoms with Crippen LogP contribution in [0.25, 0.3) is 0 Å². The predicted molar refractivity (Wildman–Crippen MR) is 115 cm³/mol. The zero-order valence-electron chi connectivity index (χ0n) is 17.4. The monoisotopic (exact) mass is 413 g/mol. The zero-order chi connectivity index (χ0) is 21.9. The first-order chi connectivity index (χ1) is 14.4. The van der Waals surface area contributed by atoms with Crippen LogP contribution < -0.4 is 25.4 Å². The van der Waals surface area contributed by atoms with Gasteiger partial charge in [0, 0.05) is 18.2 Å². The van der Waals surface area contributed by atoms with E-state index < -0.39 is 5.91 Å². The molecule has 0 aromatic heterocycles. The Morgan fingerprint density at radius 1 is 1.00 bits per heavy atom. The second kappa shape index (κ2) is 11.5. The molecule has 0 aliphatic heterocycles. The number of rotatable bonds is 10. The molecule has 0 saturated carbocycles. The molecule has 0 spiro atoms. The van der Waals surface area contributed by atoms with E-state index in [4.69, 9.17) is 9.47 Å². The topological polar surface area (TPSA) is 106 Å². The quantitative estimate of drug-likeness (QED) is 0.519. The zero-order valence-corrected chi connectivity index (χ0v) is 17.4. The molecule has 2 aromatic rings. The molecule has 0 unspecified atom stereocenters. The van der Waals surface area contributed by atoms with Gasteiger partial charge in [0.25, 0.3) is 5.91 Å². The number of hydrogen-bond donors (Lipinski definition) is 3. The standard InChI is InChI=1S/C22H27N3O5/c1-4-5-12-30-18-9-6-16(7-10-18)22(28)23-14-21(27)25-17-8-11-20(29-3)19(13-17)24-15(2)26/h6-11,13H,4-5,12,14H2,1-3H3,(H,23,28)(H,24,26)(H,25,27). The van der Waals surface area contributed by atoms with Crippen molar-refractivity contribution in [2.75, 3.05) is 30.9 Å². The SMILES string of the molecule is CCCCOc1ccc(C(=O)NCC(=O)Nc2ccc(OC)c(NC(C)=O)c2)cc1. The van der Waals surface area contributed by atoms with Crippen LogP contribution in [0.3, 0.4) is 0 Å². The third kappa shape index (κ3) is 7.12. The number of amides is 3. The van der Waals surface area contributed by atoms with E-state index in [1.807, 2.05) is 0 Å². The number of carbonyl (C=O) groups is 3. The maximum absolute atomic E-state index is 12.2. The molecular formula is C22H27N3O5. The van der Waals surface area contributed by atoms with Crippen LogP contribution >= 0.6 is 0 Å². The summed E-state index contributed by atoms with van der Waals surface area (Å²) in [6.07, 6.45) is 2.02. The van der Waals surface area contributed by atoms with Crippen molar-refractivity contribution in [3.63, 3.8) is 0 Å². The molecule has 30 heavy (non-hydrogen) atoms. The van der Waals surface area contributed by atoms with Crippen molar-refractivity contribution in [2.45, 2.75) is 26.7 Å². The van der Waals surface area contributed by atoms with Crippen LogP contribution in [0.15, 0.2) is 42.5 Å². The molecule has 2 rings (SSSR count). The lowest BCUT2D eigenvalue weighted by molar-refractivity contribution is -0.115. The van der Waals surface area contributed by atoms with Crippen LogP contribution in [0.1, 0.15) is 37.0 Å². The third-order valence-electron chi connectivity index (χ3n) is 4.09. The highest BCUT2D eigenvalue weighted by molar-refractivity contribution is 6.00. The van der Waals surface area contributed by atoms with Crippen molar-refractivity contribution in [1.82, 2.24) is 5.32 Å². The van der Waals surface area contributed by atoms with Gasteiger partial charge in [0.1, 0.15) is 11.5 Å². The molecule has 0 heterocycles. The van der Waals surface area contributed by atoms with Crippen LogP contribution in [-0.4, -0.2) is 38.0 Å². The van der Waals surface area contributed by atoms with Gasteiger partial charge in [-0.2, -0.15) is 0 Å². The van der Waals surface area contributed by atoms with E-state index in [1.165, 1.54) is 14.0 Å². The minimum absolute atomic E-state index is 0.199. The van der Waals surface area contributed by atoms with Crippen molar-refractivity contribution in [1.29, 1.82) is 0 Å². The van der Waals surface area contributed by atoms with Gasteiger partial charge in [-0.15, -0.1) is 0 Å². The number of nitrogens with one attached hydrogen (secondary N) is 3. The second-order valence-electron chi connectivity index (χ2n) is 6.55. The fraction of sp³-hybridized carbons (Fsp3) is 0.318. The lowest BCUT2D eigenvalue weighted by atomic mass is 10.2. The highest BCUT2D eigenvalue weighted by Gasteiger charge is 2.11. The average Bonchev–Trinajstić information content (AvgIpc) is 2.72. The summed E-state index contributed by atoms with van der Waals surface area (Å²) in [5.74, 6) is 0.150. The molecule has 0 fully saturated rings. The molecule has 0 atom stereocenters. The summed E-state index contributed by atoms with van der Waals surface area (Å²) >= 11 is 0. The first kappa shape index (κ1) is 22.7. The molecule has 0 bridgehead atoms. The van der Waals surface area contributed by atoms with E-state index in [0.29, 0.717) is 35.0 Å². The van der Waals surface area contributed by atoms with E-state index >= 15 is 0 Å². The van der Waals surface area contributed by atoms with Gasteiger partial charge in [-0.05, 0) is 48.9 Å². The van der Waals surface area contributed by atoms with Crippen LogP contribution in [0.2, 0.25) is 0 Å². The number of ether oxygens (including phenoxy) is 2.